The van der Waals surface area contributed by atoms with Gasteiger partial charge in [0.05, 0.1) is 18.8 Å². The number of nitrogens with one attached hydrogen (secondary N) is 1. The van der Waals surface area contributed by atoms with Crippen molar-refractivity contribution in [1.29, 1.82) is 0 Å². The molecule has 0 amide bonds. The minimum absolute atomic E-state index is 0.238. The number of rotatable bonds is 8. The van der Waals surface area contributed by atoms with Gasteiger partial charge in [-0.25, -0.2) is 9.38 Å². The molecule has 0 saturated carbocycles. The number of ether oxygens (including phenoxy) is 1. The van der Waals surface area contributed by atoms with Crippen LogP contribution >= 0.6 is 0 Å². The van der Waals surface area contributed by atoms with E-state index in [1.807, 2.05) is 49.1 Å². The van der Waals surface area contributed by atoms with Crippen molar-refractivity contribution in [2.45, 2.75) is 27.0 Å². The maximum atomic E-state index is 14.3. The summed E-state index contributed by atoms with van der Waals surface area (Å²) < 4.78 is 19.5. The van der Waals surface area contributed by atoms with E-state index >= 15 is 0 Å². The molecule has 0 aromatic heterocycles. The van der Waals surface area contributed by atoms with Crippen LogP contribution in [-0.4, -0.2) is 26.2 Å². The average molecular weight is 358 g/mol. The number of halogens is 1. The van der Waals surface area contributed by atoms with Gasteiger partial charge in [-0.05, 0) is 37.6 Å². The highest BCUT2D eigenvalue weighted by Crippen LogP contribution is 2.21. The molecule has 2 aromatic carbocycles. The molecule has 0 aliphatic rings. The van der Waals surface area contributed by atoms with Crippen LogP contribution in [0, 0.1) is 5.82 Å². The Morgan fingerprint density at radius 3 is 2.58 bits per heavy atom. The summed E-state index contributed by atoms with van der Waals surface area (Å²) in [6, 6.07) is 12.9. The van der Waals surface area contributed by atoms with Gasteiger partial charge in [0.1, 0.15) is 5.82 Å². The van der Waals surface area contributed by atoms with Crippen molar-refractivity contribution in [2.75, 3.05) is 30.4 Å². The lowest BCUT2D eigenvalue weighted by Gasteiger charge is -2.21. The highest BCUT2D eigenvalue weighted by molar-refractivity contribution is 5.92. The Hall–Kier alpha value is -2.60. The fourth-order valence-corrected chi connectivity index (χ4v) is 2.75. The van der Waals surface area contributed by atoms with Gasteiger partial charge in [-0.2, -0.15) is 0 Å². The zero-order chi connectivity index (χ0) is 18.9. The molecular formula is C20H27FN4O. The third-order valence-corrected chi connectivity index (χ3v) is 4.13. The SMILES string of the molecule is CCN(CC)c1ccc(CN=C(N)Nc2ccccc2COC)cc1F. The highest BCUT2D eigenvalue weighted by atomic mass is 19.1. The van der Waals surface area contributed by atoms with Gasteiger partial charge >= 0.3 is 0 Å². The van der Waals surface area contributed by atoms with E-state index in [4.69, 9.17) is 10.5 Å². The Kier molecular flexibility index (Phi) is 7.41. The minimum atomic E-state index is -0.238. The van der Waals surface area contributed by atoms with Crippen molar-refractivity contribution in [3.8, 4) is 0 Å². The Morgan fingerprint density at radius 2 is 1.92 bits per heavy atom. The topological polar surface area (TPSA) is 62.9 Å². The summed E-state index contributed by atoms with van der Waals surface area (Å²) in [5, 5.41) is 3.07. The molecule has 26 heavy (non-hydrogen) atoms. The summed E-state index contributed by atoms with van der Waals surface area (Å²) in [6.07, 6.45) is 0. The molecular weight excluding hydrogens is 331 g/mol. The number of methoxy groups -OCH3 is 1. The van der Waals surface area contributed by atoms with E-state index in [2.05, 4.69) is 10.3 Å². The predicted octanol–water partition coefficient (Wildman–Crippen LogP) is 3.75. The van der Waals surface area contributed by atoms with Gasteiger partial charge < -0.3 is 20.7 Å². The van der Waals surface area contributed by atoms with E-state index in [0.717, 1.165) is 29.9 Å². The van der Waals surface area contributed by atoms with Crippen LogP contribution in [0.3, 0.4) is 0 Å². The number of hydrogen-bond acceptors (Lipinski definition) is 3. The summed E-state index contributed by atoms with van der Waals surface area (Å²) in [4.78, 5) is 6.29. The fourth-order valence-electron chi connectivity index (χ4n) is 2.75. The average Bonchev–Trinajstić information content (AvgIpc) is 2.64. The third kappa shape index (κ3) is 5.20. The third-order valence-electron chi connectivity index (χ3n) is 4.13. The first-order chi connectivity index (χ1) is 12.6. The molecule has 2 aromatic rings. The number of guanidine groups is 1. The van der Waals surface area contributed by atoms with Gasteiger partial charge in [0, 0.05) is 31.5 Å². The first-order valence-corrected chi connectivity index (χ1v) is 8.76. The van der Waals surface area contributed by atoms with Crippen molar-refractivity contribution in [3.05, 3.63) is 59.4 Å². The van der Waals surface area contributed by atoms with E-state index in [0.29, 0.717) is 18.8 Å². The number of nitrogens with two attached hydrogens (primary N) is 1. The Morgan fingerprint density at radius 1 is 1.19 bits per heavy atom. The maximum absolute atomic E-state index is 14.3. The molecule has 5 nitrogen and oxygen atoms in total. The van der Waals surface area contributed by atoms with E-state index in [-0.39, 0.29) is 11.8 Å². The van der Waals surface area contributed by atoms with Gasteiger partial charge in [-0.1, -0.05) is 24.3 Å². The number of benzene rings is 2. The van der Waals surface area contributed by atoms with Gasteiger partial charge in [-0.15, -0.1) is 0 Å². The largest absolute Gasteiger partial charge is 0.380 e. The first-order valence-electron chi connectivity index (χ1n) is 8.76. The number of para-hydroxylation sites is 1. The van der Waals surface area contributed by atoms with E-state index in [1.165, 1.54) is 6.07 Å². The van der Waals surface area contributed by atoms with Gasteiger partial charge in [-0.3, -0.25) is 0 Å². The lowest BCUT2D eigenvalue weighted by atomic mass is 10.2. The van der Waals surface area contributed by atoms with Crippen molar-refractivity contribution in [1.82, 2.24) is 0 Å². The molecule has 0 spiro atoms. The summed E-state index contributed by atoms with van der Waals surface area (Å²) in [5.74, 6) is 0.0418. The predicted molar refractivity (Wildman–Crippen MR) is 106 cm³/mol. The molecule has 2 rings (SSSR count). The van der Waals surface area contributed by atoms with Gasteiger partial charge in [0.2, 0.25) is 0 Å². The molecule has 0 heterocycles. The minimum Gasteiger partial charge on any atom is -0.380 e. The summed E-state index contributed by atoms with van der Waals surface area (Å²) in [7, 11) is 1.64. The van der Waals surface area contributed by atoms with Gasteiger partial charge in [0.15, 0.2) is 5.96 Å². The van der Waals surface area contributed by atoms with Crippen LogP contribution in [0.1, 0.15) is 25.0 Å². The monoisotopic (exact) mass is 358 g/mol. The second-order valence-corrected chi connectivity index (χ2v) is 5.87. The number of nitrogens with zero attached hydrogens (tertiary/aromatic N) is 2. The van der Waals surface area contributed by atoms with Crippen molar-refractivity contribution >= 4 is 17.3 Å². The first kappa shape index (κ1) is 19.7. The van der Waals surface area contributed by atoms with Crippen molar-refractivity contribution in [2.24, 2.45) is 10.7 Å². The highest BCUT2D eigenvalue weighted by Gasteiger charge is 2.09. The lowest BCUT2D eigenvalue weighted by Crippen LogP contribution is -2.23. The van der Waals surface area contributed by atoms with E-state index < -0.39 is 0 Å². The zero-order valence-corrected chi connectivity index (χ0v) is 15.6. The Bertz CT molecular complexity index is 744. The maximum Gasteiger partial charge on any atom is 0.193 e. The number of hydrogen-bond donors (Lipinski definition) is 2. The van der Waals surface area contributed by atoms with E-state index in [9.17, 15) is 4.39 Å². The van der Waals surface area contributed by atoms with Gasteiger partial charge in [0.25, 0.3) is 0 Å². The van der Waals surface area contributed by atoms with Crippen molar-refractivity contribution < 1.29 is 9.13 Å². The Balaban J connectivity index is 2.06. The normalized spacial score (nSPS) is 11.5. The molecule has 0 unspecified atom stereocenters. The lowest BCUT2D eigenvalue weighted by molar-refractivity contribution is 0.185. The summed E-state index contributed by atoms with van der Waals surface area (Å²) in [5.41, 5.74) is 9.19. The molecule has 0 aliphatic carbocycles. The molecule has 140 valence electrons. The van der Waals surface area contributed by atoms with Crippen LogP contribution in [0.5, 0.6) is 0 Å². The second-order valence-electron chi connectivity index (χ2n) is 5.87. The summed E-state index contributed by atoms with van der Waals surface area (Å²) >= 11 is 0. The van der Waals surface area contributed by atoms with Crippen LogP contribution in [0.25, 0.3) is 0 Å². The van der Waals surface area contributed by atoms with Crippen LogP contribution in [-0.2, 0) is 17.9 Å². The van der Waals surface area contributed by atoms with Crippen LogP contribution in [0.15, 0.2) is 47.5 Å². The number of anilines is 2. The molecule has 0 aliphatic heterocycles. The fraction of sp³-hybridized carbons (Fsp3) is 0.350. The van der Waals surface area contributed by atoms with Crippen molar-refractivity contribution in [3.63, 3.8) is 0 Å². The van der Waals surface area contributed by atoms with Crippen LogP contribution < -0.4 is 16.0 Å². The molecule has 6 heteroatoms. The zero-order valence-electron chi connectivity index (χ0n) is 15.6. The standard InChI is InChI=1S/C20H27FN4O/c1-4-25(5-2)19-11-10-15(12-17(19)21)13-23-20(22)24-18-9-7-6-8-16(18)14-26-3/h6-12H,4-5,13-14H2,1-3H3,(H3,22,23,24). The molecule has 0 atom stereocenters. The van der Waals surface area contributed by atoms with Crippen LogP contribution in [0.2, 0.25) is 0 Å². The molecule has 0 radical (unpaired) electrons. The Labute approximate surface area is 154 Å². The second kappa shape index (κ2) is 9.77. The quantitative estimate of drug-likeness (QED) is 0.557. The molecule has 0 saturated heterocycles. The van der Waals surface area contributed by atoms with Crippen LogP contribution in [0.4, 0.5) is 15.8 Å². The number of aliphatic imine (C=N–C) groups is 1. The molecule has 0 bridgehead atoms. The van der Waals surface area contributed by atoms with E-state index in [1.54, 1.807) is 13.2 Å². The summed E-state index contributed by atoms with van der Waals surface area (Å²) in [6.45, 7) is 6.34. The molecule has 0 fully saturated rings. The smallest absolute Gasteiger partial charge is 0.193 e. The molecule has 3 N–H and O–H groups in total.